The second-order valence-electron chi connectivity index (χ2n) is 6.79. The predicted molar refractivity (Wildman–Crippen MR) is 87.1 cm³/mol. The molecule has 2 aliphatic rings. The summed E-state index contributed by atoms with van der Waals surface area (Å²) in [5.41, 5.74) is 0.559. The zero-order chi connectivity index (χ0) is 17.5. The van der Waals surface area contributed by atoms with Crippen molar-refractivity contribution in [3.05, 3.63) is 11.9 Å². The van der Waals surface area contributed by atoms with Crippen molar-refractivity contribution in [2.45, 2.75) is 50.6 Å². The summed E-state index contributed by atoms with van der Waals surface area (Å²) in [7, 11) is -3.54. The second-order valence-corrected chi connectivity index (χ2v) is 8.70. The third-order valence-electron chi connectivity index (χ3n) is 5.42. The molecule has 3 rings (SSSR count). The van der Waals surface area contributed by atoms with Crippen LogP contribution < -0.4 is 5.32 Å². The van der Waals surface area contributed by atoms with Crippen LogP contribution in [-0.2, 0) is 21.4 Å². The van der Waals surface area contributed by atoms with Gasteiger partial charge in [-0.3, -0.25) is 9.48 Å². The summed E-state index contributed by atoms with van der Waals surface area (Å²) >= 11 is 0. The molecule has 1 aromatic rings. The topological polar surface area (TPSA) is 105 Å². The van der Waals surface area contributed by atoms with E-state index in [-0.39, 0.29) is 10.3 Å². The van der Waals surface area contributed by atoms with Crippen molar-refractivity contribution >= 4 is 16.0 Å². The average molecular weight is 356 g/mol. The second kappa shape index (κ2) is 6.12. The van der Waals surface area contributed by atoms with E-state index >= 15 is 0 Å². The molecule has 8 nitrogen and oxygen atoms in total. The van der Waals surface area contributed by atoms with Gasteiger partial charge in [0.25, 0.3) is 0 Å². The van der Waals surface area contributed by atoms with Crippen LogP contribution in [0.5, 0.6) is 0 Å². The van der Waals surface area contributed by atoms with Gasteiger partial charge in [-0.2, -0.15) is 9.40 Å². The van der Waals surface area contributed by atoms with E-state index in [9.17, 15) is 13.2 Å². The summed E-state index contributed by atoms with van der Waals surface area (Å²) in [5.74, 6) is -0.829. The number of nitrogens with zero attached hydrogens (tertiary/aromatic N) is 3. The molecule has 0 radical (unpaired) electrons. The highest BCUT2D eigenvalue weighted by Crippen LogP contribution is 2.40. The van der Waals surface area contributed by atoms with E-state index in [4.69, 9.17) is 5.11 Å². The van der Waals surface area contributed by atoms with Gasteiger partial charge in [0.1, 0.15) is 10.9 Å². The van der Waals surface area contributed by atoms with Gasteiger partial charge in [-0.1, -0.05) is 0 Å². The zero-order valence-corrected chi connectivity index (χ0v) is 14.8. The molecule has 0 aliphatic carbocycles. The standard InChI is InChI=1S/C15H24N4O4S/c1-3-19-11(2)13(9-17-19)24(22,23)18-6-4-15(5-7-18)8-12(14(20)21)16-10-15/h9,12,16H,3-8,10H2,1-2H3,(H,20,21)/t12-/m0/s1. The first-order valence-electron chi connectivity index (χ1n) is 8.28. The number of carbonyl (C=O) groups is 1. The van der Waals surface area contributed by atoms with Crippen molar-refractivity contribution in [3.63, 3.8) is 0 Å². The minimum absolute atomic E-state index is 0.0995. The molecule has 0 aromatic carbocycles. The van der Waals surface area contributed by atoms with E-state index in [0.717, 1.165) is 0 Å². The van der Waals surface area contributed by atoms with Crippen LogP contribution in [0.1, 0.15) is 31.9 Å². The SMILES string of the molecule is CCn1ncc(S(=O)(=O)N2CCC3(CC2)CN[C@H](C(=O)O)C3)c1C. The molecule has 2 saturated heterocycles. The van der Waals surface area contributed by atoms with Crippen LogP contribution in [0.15, 0.2) is 11.1 Å². The van der Waals surface area contributed by atoms with Gasteiger partial charge in [-0.15, -0.1) is 0 Å². The maximum Gasteiger partial charge on any atom is 0.320 e. The Bertz CT molecular complexity index is 735. The Morgan fingerprint density at radius 2 is 2.12 bits per heavy atom. The first-order valence-corrected chi connectivity index (χ1v) is 9.72. The number of sulfonamides is 1. The van der Waals surface area contributed by atoms with Crippen molar-refractivity contribution in [1.82, 2.24) is 19.4 Å². The van der Waals surface area contributed by atoms with E-state index in [2.05, 4.69) is 10.4 Å². The summed E-state index contributed by atoms with van der Waals surface area (Å²) in [6, 6.07) is -0.516. The van der Waals surface area contributed by atoms with E-state index in [1.165, 1.54) is 10.5 Å². The van der Waals surface area contributed by atoms with Crippen molar-refractivity contribution < 1.29 is 18.3 Å². The zero-order valence-electron chi connectivity index (χ0n) is 14.0. The molecule has 3 heterocycles. The normalized spacial score (nSPS) is 24.5. The lowest BCUT2D eigenvalue weighted by Gasteiger charge is -2.38. The Kier molecular flexibility index (Phi) is 4.43. The van der Waals surface area contributed by atoms with Gasteiger partial charge < -0.3 is 10.4 Å². The predicted octanol–water partition coefficient (Wildman–Crippen LogP) is 0.429. The lowest BCUT2D eigenvalue weighted by atomic mass is 9.77. The van der Waals surface area contributed by atoms with Crippen LogP contribution in [-0.4, -0.2) is 59.3 Å². The molecule has 1 atom stereocenters. The molecule has 134 valence electrons. The minimum atomic E-state index is -3.54. The molecule has 2 aliphatic heterocycles. The molecule has 2 fully saturated rings. The van der Waals surface area contributed by atoms with E-state index in [0.29, 0.717) is 51.1 Å². The fraction of sp³-hybridized carbons (Fsp3) is 0.733. The summed E-state index contributed by atoms with van der Waals surface area (Å²) in [6.07, 6.45) is 3.37. The first kappa shape index (κ1) is 17.4. The van der Waals surface area contributed by atoms with Crippen LogP contribution in [0.2, 0.25) is 0 Å². The molecule has 24 heavy (non-hydrogen) atoms. The van der Waals surface area contributed by atoms with E-state index in [1.807, 2.05) is 6.92 Å². The fourth-order valence-corrected chi connectivity index (χ4v) is 5.41. The lowest BCUT2D eigenvalue weighted by molar-refractivity contribution is -0.139. The number of aromatic nitrogens is 2. The average Bonchev–Trinajstić information content (AvgIpc) is 3.12. The van der Waals surface area contributed by atoms with Crippen LogP contribution in [0, 0.1) is 12.3 Å². The Labute approximate surface area is 141 Å². The van der Waals surface area contributed by atoms with Crippen molar-refractivity contribution in [1.29, 1.82) is 0 Å². The largest absolute Gasteiger partial charge is 0.480 e. The highest BCUT2D eigenvalue weighted by atomic mass is 32.2. The summed E-state index contributed by atoms with van der Waals surface area (Å²) < 4.78 is 28.9. The molecule has 0 saturated carbocycles. The third kappa shape index (κ3) is 2.84. The Morgan fingerprint density at radius 3 is 2.62 bits per heavy atom. The lowest BCUT2D eigenvalue weighted by Crippen LogP contribution is -2.44. The van der Waals surface area contributed by atoms with E-state index in [1.54, 1.807) is 11.6 Å². The molecule has 0 amide bonds. The molecular weight excluding hydrogens is 332 g/mol. The van der Waals surface area contributed by atoms with Crippen LogP contribution in [0.25, 0.3) is 0 Å². The Hall–Kier alpha value is -1.45. The number of aryl methyl sites for hydroxylation is 1. The summed E-state index contributed by atoms with van der Waals surface area (Å²) in [6.45, 7) is 5.82. The number of piperidine rings is 1. The molecule has 2 N–H and O–H groups in total. The molecule has 9 heteroatoms. The van der Waals surface area contributed by atoms with Gasteiger partial charge in [0.05, 0.1) is 11.9 Å². The van der Waals surface area contributed by atoms with E-state index < -0.39 is 22.0 Å². The van der Waals surface area contributed by atoms with Gasteiger partial charge >= 0.3 is 5.97 Å². The fourth-order valence-electron chi connectivity index (χ4n) is 3.81. The number of aliphatic carboxylic acids is 1. The number of carboxylic acid groups (broad SMARTS) is 1. The molecule has 0 unspecified atom stereocenters. The van der Waals surface area contributed by atoms with Gasteiger partial charge in [-0.25, -0.2) is 8.42 Å². The third-order valence-corrected chi connectivity index (χ3v) is 7.42. The highest BCUT2D eigenvalue weighted by molar-refractivity contribution is 7.89. The molecule has 1 aromatic heterocycles. The monoisotopic (exact) mass is 356 g/mol. The van der Waals surface area contributed by atoms with Crippen LogP contribution in [0.4, 0.5) is 0 Å². The Balaban J connectivity index is 1.72. The first-order chi connectivity index (χ1) is 11.3. The summed E-state index contributed by atoms with van der Waals surface area (Å²) in [4.78, 5) is 11.4. The molecular formula is C15H24N4O4S. The van der Waals surface area contributed by atoms with Gasteiger partial charge in [0.15, 0.2) is 0 Å². The van der Waals surface area contributed by atoms with Crippen LogP contribution in [0.3, 0.4) is 0 Å². The van der Waals surface area contributed by atoms with Gasteiger partial charge in [0, 0.05) is 26.2 Å². The maximum absolute atomic E-state index is 12.9. The summed E-state index contributed by atoms with van der Waals surface area (Å²) in [5, 5.41) is 16.3. The van der Waals surface area contributed by atoms with Crippen molar-refractivity contribution in [2.75, 3.05) is 19.6 Å². The van der Waals surface area contributed by atoms with Crippen LogP contribution >= 0.6 is 0 Å². The van der Waals surface area contributed by atoms with Gasteiger partial charge in [-0.05, 0) is 38.5 Å². The highest BCUT2D eigenvalue weighted by Gasteiger charge is 2.45. The minimum Gasteiger partial charge on any atom is -0.480 e. The maximum atomic E-state index is 12.9. The van der Waals surface area contributed by atoms with Crippen molar-refractivity contribution in [2.24, 2.45) is 5.41 Å². The smallest absolute Gasteiger partial charge is 0.320 e. The molecule has 1 spiro atoms. The Morgan fingerprint density at radius 1 is 1.46 bits per heavy atom. The number of carboxylic acids is 1. The number of hydrogen-bond donors (Lipinski definition) is 2. The molecule has 0 bridgehead atoms. The number of hydrogen-bond acceptors (Lipinski definition) is 5. The van der Waals surface area contributed by atoms with Crippen molar-refractivity contribution in [3.8, 4) is 0 Å². The quantitative estimate of drug-likeness (QED) is 0.811. The number of rotatable bonds is 4. The van der Waals surface area contributed by atoms with Gasteiger partial charge in [0.2, 0.25) is 10.0 Å². The number of nitrogens with one attached hydrogen (secondary N) is 1.